The maximum absolute atomic E-state index is 4.43. The summed E-state index contributed by atoms with van der Waals surface area (Å²) in [4.78, 5) is 0. The number of rotatable bonds is 1. The molecule has 0 fully saturated rings. The Hall–Kier alpha value is -1.31. The summed E-state index contributed by atoms with van der Waals surface area (Å²) in [6.07, 6.45) is 2.91. The first-order valence-corrected chi connectivity index (χ1v) is 5.50. The standard InChI is InChI=1S/C13H18N2/c1-5-10-9-11-7-6-8-14-15(11)12(10)13(2,3)4/h6-9H,5H2,1-4H3. The van der Waals surface area contributed by atoms with Crippen LogP contribution in [-0.4, -0.2) is 9.61 Å². The van der Waals surface area contributed by atoms with Crippen molar-refractivity contribution in [1.82, 2.24) is 9.61 Å². The van der Waals surface area contributed by atoms with Gasteiger partial charge in [0.15, 0.2) is 0 Å². The van der Waals surface area contributed by atoms with Crippen molar-refractivity contribution < 1.29 is 0 Å². The normalized spacial score (nSPS) is 12.3. The van der Waals surface area contributed by atoms with E-state index in [0.717, 1.165) is 6.42 Å². The summed E-state index contributed by atoms with van der Waals surface area (Å²) in [6.45, 7) is 8.91. The van der Waals surface area contributed by atoms with Gasteiger partial charge in [0.2, 0.25) is 0 Å². The molecule has 0 saturated heterocycles. The van der Waals surface area contributed by atoms with Gasteiger partial charge in [0.05, 0.1) is 11.2 Å². The van der Waals surface area contributed by atoms with Crippen molar-refractivity contribution in [3.05, 3.63) is 35.7 Å². The Balaban J connectivity index is 2.79. The minimum Gasteiger partial charge on any atom is -0.237 e. The molecule has 0 bridgehead atoms. The van der Waals surface area contributed by atoms with E-state index in [-0.39, 0.29) is 5.41 Å². The van der Waals surface area contributed by atoms with Gasteiger partial charge in [0, 0.05) is 11.6 Å². The third-order valence-corrected chi connectivity index (χ3v) is 2.71. The minimum absolute atomic E-state index is 0.145. The quantitative estimate of drug-likeness (QED) is 0.694. The van der Waals surface area contributed by atoms with Crippen molar-refractivity contribution in [2.24, 2.45) is 0 Å². The van der Waals surface area contributed by atoms with Crippen molar-refractivity contribution in [3.63, 3.8) is 0 Å². The first-order valence-electron chi connectivity index (χ1n) is 5.50. The van der Waals surface area contributed by atoms with Gasteiger partial charge in [0.1, 0.15) is 0 Å². The van der Waals surface area contributed by atoms with Crippen molar-refractivity contribution >= 4 is 5.52 Å². The Morgan fingerprint density at radius 1 is 1.33 bits per heavy atom. The van der Waals surface area contributed by atoms with Gasteiger partial charge in [-0.25, -0.2) is 4.52 Å². The highest BCUT2D eigenvalue weighted by atomic mass is 15.2. The van der Waals surface area contributed by atoms with Gasteiger partial charge in [-0.15, -0.1) is 0 Å². The lowest BCUT2D eigenvalue weighted by molar-refractivity contribution is 0.544. The number of aromatic nitrogens is 2. The van der Waals surface area contributed by atoms with Crippen LogP contribution in [0.25, 0.3) is 5.52 Å². The molecule has 0 amide bonds. The van der Waals surface area contributed by atoms with Crippen LogP contribution in [0.1, 0.15) is 39.0 Å². The minimum atomic E-state index is 0.145. The molecule has 0 aromatic carbocycles. The summed E-state index contributed by atoms with van der Waals surface area (Å²) in [7, 11) is 0. The lowest BCUT2D eigenvalue weighted by atomic mass is 9.89. The van der Waals surface area contributed by atoms with Gasteiger partial charge < -0.3 is 0 Å². The molecule has 0 N–H and O–H groups in total. The van der Waals surface area contributed by atoms with Gasteiger partial charge in [-0.3, -0.25) is 0 Å². The lowest BCUT2D eigenvalue weighted by Crippen LogP contribution is -2.17. The Morgan fingerprint density at radius 3 is 2.67 bits per heavy atom. The predicted octanol–water partition coefficient (Wildman–Crippen LogP) is 3.19. The van der Waals surface area contributed by atoms with E-state index in [1.54, 1.807) is 0 Å². The van der Waals surface area contributed by atoms with E-state index in [4.69, 9.17) is 0 Å². The van der Waals surface area contributed by atoms with Crippen molar-refractivity contribution in [3.8, 4) is 0 Å². The molecule has 2 aromatic heterocycles. The van der Waals surface area contributed by atoms with E-state index in [9.17, 15) is 0 Å². The highest BCUT2D eigenvalue weighted by molar-refractivity contribution is 5.53. The monoisotopic (exact) mass is 202 g/mol. The molecular weight excluding hydrogens is 184 g/mol. The molecule has 0 aliphatic rings. The van der Waals surface area contributed by atoms with Gasteiger partial charge >= 0.3 is 0 Å². The average molecular weight is 202 g/mol. The molecule has 0 spiro atoms. The van der Waals surface area contributed by atoms with E-state index in [0.29, 0.717) is 0 Å². The molecule has 0 radical (unpaired) electrons. The Bertz CT molecular complexity index is 475. The number of hydrogen-bond acceptors (Lipinski definition) is 1. The fourth-order valence-corrected chi connectivity index (χ4v) is 2.13. The van der Waals surface area contributed by atoms with Crippen LogP contribution >= 0.6 is 0 Å². The van der Waals surface area contributed by atoms with E-state index in [1.807, 2.05) is 12.3 Å². The molecular formula is C13H18N2. The fraction of sp³-hybridized carbons (Fsp3) is 0.462. The largest absolute Gasteiger partial charge is 0.237 e. The molecule has 80 valence electrons. The molecule has 0 aliphatic heterocycles. The summed E-state index contributed by atoms with van der Waals surface area (Å²) >= 11 is 0. The van der Waals surface area contributed by atoms with Crippen LogP contribution in [0.4, 0.5) is 0 Å². The van der Waals surface area contributed by atoms with Gasteiger partial charge in [-0.1, -0.05) is 27.7 Å². The van der Waals surface area contributed by atoms with Gasteiger partial charge in [-0.2, -0.15) is 5.10 Å². The maximum atomic E-state index is 4.43. The smallest absolute Gasteiger partial charge is 0.0653 e. The second-order valence-corrected chi connectivity index (χ2v) is 4.98. The summed E-state index contributed by atoms with van der Waals surface area (Å²) in [5.41, 5.74) is 4.08. The van der Waals surface area contributed by atoms with Crippen LogP contribution in [0.5, 0.6) is 0 Å². The second-order valence-electron chi connectivity index (χ2n) is 4.98. The SMILES string of the molecule is CCc1cc2cccnn2c1C(C)(C)C. The van der Waals surface area contributed by atoms with Crippen LogP contribution < -0.4 is 0 Å². The fourth-order valence-electron chi connectivity index (χ4n) is 2.13. The molecule has 0 saturated carbocycles. The summed E-state index contributed by atoms with van der Waals surface area (Å²) in [6, 6.07) is 6.34. The van der Waals surface area contributed by atoms with Gasteiger partial charge in [0.25, 0.3) is 0 Å². The van der Waals surface area contributed by atoms with E-state index >= 15 is 0 Å². The molecule has 0 aliphatic carbocycles. The molecule has 2 heteroatoms. The van der Waals surface area contributed by atoms with Crippen LogP contribution in [0.3, 0.4) is 0 Å². The zero-order valence-electron chi connectivity index (χ0n) is 9.91. The molecule has 0 atom stereocenters. The molecule has 2 nitrogen and oxygen atoms in total. The molecule has 2 heterocycles. The third kappa shape index (κ3) is 1.65. The first-order chi connectivity index (χ1) is 7.04. The summed E-state index contributed by atoms with van der Waals surface area (Å²) < 4.78 is 2.07. The molecule has 2 aromatic rings. The Morgan fingerprint density at radius 2 is 2.07 bits per heavy atom. The van der Waals surface area contributed by atoms with Crippen molar-refractivity contribution in [1.29, 1.82) is 0 Å². The topological polar surface area (TPSA) is 17.3 Å². The zero-order valence-corrected chi connectivity index (χ0v) is 9.91. The zero-order chi connectivity index (χ0) is 11.1. The summed E-state index contributed by atoms with van der Waals surface area (Å²) in [5, 5.41) is 4.43. The van der Waals surface area contributed by atoms with Crippen LogP contribution in [-0.2, 0) is 11.8 Å². The van der Waals surface area contributed by atoms with Crippen LogP contribution in [0, 0.1) is 0 Å². The van der Waals surface area contributed by atoms with Gasteiger partial charge in [-0.05, 0) is 30.2 Å². The Labute approximate surface area is 90.9 Å². The third-order valence-electron chi connectivity index (χ3n) is 2.71. The molecule has 2 rings (SSSR count). The number of hydrogen-bond donors (Lipinski definition) is 0. The van der Waals surface area contributed by atoms with Crippen LogP contribution in [0.2, 0.25) is 0 Å². The van der Waals surface area contributed by atoms with Crippen LogP contribution in [0.15, 0.2) is 24.4 Å². The highest BCUT2D eigenvalue weighted by Crippen LogP contribution is 2.28. The Kier molecular flexibility index (Phi) is 2.29. The van der Waals surface area contributed by atoms with Crippen molar-refractivity contribution in [2.45, 2.75) is 39.5 Å². The van der Waals surface area contributed by atoms with E-state index in [1.165, 1.54) is 16.8 Å². The van der Waals surface area contributed by atoms with Crippen molar-refractivity contribution in [2.75, 3.05) is 0 Å². The summed E-state index contributed by atoms with van der Waals surface area (Å²) in [5.74, 6) is 0. The van der Waals surface area contributed by atoms with E-state index < -0.39 is 0 Å². The number of fused-ring (bicyclic) bond motifs is 1. The molecule has 0 unspecified atom stereocenters. The maximum Gasteiger partial charge on any atom is 0.0653 e. The average Bonchev–Trinajstić information content (AvgIpc) is 2.54. The van der Waals surface area contributed by atoms with E-state index in [2.05, 4.69) is 49.4 Å². The number of aryl methyl sites for hydroxylation is 1. The first kappa shape index (κ1) is 10.2. The number of nitrogens with zero attached hydrogens (tertiary/aromatic N) is 2. The predicted molar refractivity (Wildman–Crippen MR) is 63.3 cm³/mol. The lowest BCUT2D eigenvalue weighted by Gasteiger charge is -2.20. The highest BCUT2D eigenvalue weighted by Gasteiger charge is 2.22. The molecule has 15 heavy (non-hydrogen) atoms. The second kappa shape index (κ2) is 3.37.